The molecule has 1 amide bonds. The molecule has 6 heteroatoms. The molecule has 2 rings (SSSR count). The molecule has 0 radical (unpaired) electrons. The monoisotopic (exact) mass is 265 g/mol. The first-order valence-corrected chi connectivity index (χ1v) is 6.87. The summed E-state index contributed by atoms with van der Waals surface area (Å²) in [7, 11) is 2.16. The number of nitrogens with zero attached hydrogens (tertiary/aromatic N) is 3. The van der Waals surface area contributed by atoms with Gasteiger partial charge < -0.3 is 16.0 Å². The Morgan fingerprint density at radius 2 is 2.26 bits per heavy atom. The Morgan fingerprint density at radius 3 is 2.89 bits per heavy atom. The zero-order valence-electron chi connectivity index (χ0n) is 11.5. The number of anilines is 1. The average Bonchev–Trinajstić information content (AvgIpc) is 2.77. The van der Waals surface area contributed by atoms with Crippen LogP contribution in [-0.2, 0) is 11.3 Å². The van der Waals surface area contributed by atoms with Gasteiger partial charge >= 0.3 is 0 Å². The van der Waals surface area contributed by atoms with E-state index < -0.39 is 0 Å². The van der Waals surface area contributed by atoms with E-state index in [0.717, 1.165) is 18.9 Å². The van der Waals surface area contributed by atoms with E-state index in [0.29, 0.717) is 5.82 Å². The molecule has 6 nitrogen and oxygen atoms in total. The molecule has 1 aliphatic heterocycles. The topological polar surface area (TPSA) is 76.2 Å². The van der Waals surface area contributed by atoms with Crippen molar-refractivity contribution in [1.29, 1.82) is 0 Å². The molecule has 2 heterocycles. The first kappa shape index (κ1) is 13.9. The molecular formula is C13H23N5O. The zero-order chi connectivity index (χ0) is 13.7. The van der Waals surface area contributed by atoms with Gasteiger partial charge in [0.05, 0.1) is 0 Å². The third-order valence-electron chi connectivity index (χ3n) is 3.68. The van der Waals surface area contributed by atoms with Gasteiger partial charge in [-0.3, -0.25) is 9.48 Å². The summed E-state index contributed by atoms with van der Waals surface area (Å²) in [4.78, 5) is 14.1. The molecule has 1 saturated heterocycles. The SMILES string of the molecule is CN1CCC(CCNC(=O)Cn2ccc(N)n2)CC1. The summed E-state index contributed by atoms with van der Waals surface area (Å²) in [5.74, 6) is 1.19. The van der Waals surface area contributed by atoms with Crippen molar-refractivity contribution in [3.63, 3.8) is 0 Å². The van der Waals surface area contributed by atoms with E-state index in [2.05, 4.69) is 22.4 Å². The van der Waals surface area contributed by atoms with Crippen LogP contribution in [0.3, 0.4) is 0 Å². The molecule has 0 spiro atoms. The predicted molar refractivity (Wildman–Crippen MR) is 74.5 cm³/mol. The number of piperidine rings is 1. The second kappa shape index (κ2) is 6.56. The molecule has 0 saturated carbocycles. The average molecular weight is 265 g/mol. The summed E-state index contributed by atoms with van der Waals surface area (Å²) in [6.07, 6.45) is 5.26. The number of amides is 1. The Labute approximate surface area is 113 Å². The second-order valence-electron chi connectivity index (χ2n) is 5.32. The molecule has 1 aliphatic rings. The van der Waals surface area contributed by atoms with Crippen LogP contribution in [0.5, 0.6) is 0 Å². The maximum Gasteiger partial charge on any atom is 0.241 e. The lowest BCUT2D eigenvalue weighted by atomic mass is 9.94. The van der Waals surface area contributed by atoms with Crippen LogP contribution in [0.2, 0.25) is 0 Å². The van der Waals surface area contributed by atoms with Crippen molar-refractivity contribution in [3.8, 4) is 0 Å². The minimum atomic E-state index is -0.00368. The number of carbonyl (C=O) groups excluding carboxylic acids is 1. The minimum Gasteiger partial charge on any atom is -0.382 e. The Morgan fingerprint density at radius 1 is 1.53 bits per heavy atom. The molecule has 3 N–H and O–H groups in total. The summed E-state index contributed by atoms with van der Waals surface area (Å²) in [5.41, 5.74) is 5.50. The van der Waals surface area contributed by atoms with Crippen molar-refractivity contribution in [2.45, 2.75) is 25.8 Å². The van der Waals surface area contributed by atoms with E-state index in [1.54, 1.807) is 16.9 Å². The van der Waals surface area contributed by atoms with Gasteiger partial charge in [0, 0.05) is 12.7 Å². The number of hydrogen-bond acceptors (Lipinski definition) is 4. The van der Waals surface area contributed by atoms with Gasteiger partial charge in [-0.15, -0.1) is 0 Å². The maximum atomic E-state index is 11.7. The first-order chi connectivity index (χ1) is 9.13. The van der Waals surface area contributed by atoms with Gasteiger partial charge in [-0.25, -0.2) is 0 Å². The molecule has 1 fully saturated rings. The first-order valence-electron chi connectivity index (χ1n) is 6.87. The lowest BCUT2D eigenvalue weighted by molar-refractivity contribution is -0.121. The molecule has 0 aromatic carbocycles. The van der Waals surface area contributed by atoms with E-state index in [1.807, 2.05) is 0 Å². The highest BCUT2D eigenvalue weighted by Crippen LogP contribution is 2.18. The maximum absolute atomic E-state index is 11.7. The Kier molecular flexibility index (Phi) is 4.79. The zero-order valence-corrected chi connectivity index (χ0v) is 11.5. The summed E-state index contributed by atoms with van der Waals surface area (Å²) in [5, 5.41) is 6.93. The van der Waals surface area contributed by atoms with Crippen LogP contribution in [0.25, 0.3) is 0 Å². The highest BCUT2D eigenvalue weighted by Gasteiger charge is 2.16. The van der Waals surface area contributed by atoms with Crippen LogP contribution in [0.1, 0.15) is 19.3 Å². The normalized spacial score (nSPS) is 17.5. The number of nitrogen functional groups attached to an aromatic ring is 1. The van der Waals surface area contributed by atoms with Crippen LogP contribution in [0.15, 0.2) is 12.3 Å². The minimum absolute atomic E-state index is 0.00368. The number of nitrogens with two attached hydrogens (primary N) is 1. The number of aromatic nitrogens is 2. The fourth-order valence-electron chi connectivity index (χ4n) is 2.43. The fourth-order valence-corrected chi connectivity index (χ4v) is 2.43. The van der Waals surface area contributed by atoms with Gasteiger partial charge in [0.25, 0.3) is 0 Å². The molecule has 106 valence electrons. The summed E-state index contributed by atoms with van der Waals surface area (Å²) in [6, 6.07) is 1.69. The largest absolute Gasteiger partial charge is 0.382 e. The third kappa shape index (κ3) is 4.55. The van der Waals surface area contributed by atoms with E-state index in [-0.39, 0.29) is 12.5 Å². The molecule has 19 heavy (non-hydrogen) atoms. The Hall–Kier alpha value is -1.56. The van der Waals surface area contributed by atoms with Crippen molar-refractivity contribution in [1.82, 2.24) is 20.0 Å². The number of nitrogens with one attached hydrogen (secondary N) is 1. The number of carbonyl (C=O) groups is 1. The highest BCUT2D eigenvalue weighted by molar-refractivity contribution is 5.75. The van der Waals surface area contributed by atoms with E-state index in [1.165, 1.54) is 25.9 Å². The Balaban J connectivity index is 1.61. The van der Waals surface area contributed by atoms with Gasteiger partial charge in [-0.1, -0.05) is 0 Å². The number of hydrogen-bond donors (Lipinski definition) is 2. The van der Waals surface area contributed by atoms with Crippen LogP contribution in [0, 0.1) is 5.92 Å². The number of likely N-dealkylation sites (tertiary alicyclic amines) is 1. The van der Waals surface area contributed by atoms with E-state index in [4.69, 9.17) is 5.73 Å². The summed E-state index contributed by atoms with van der Waals surface area (Å²) < 4.78 is 1.56. The molecule has 0 atom stereocenters. The van der Waals surface area contributed by atoms with E-state index in [9.17, 15) is 4.79 Å². The molecule has 1 aromatic heterocycles. The second-order valence-corrected chi connectivity index (χ2v) is 5.32. The fraction of sp³-hybridized carbons (Fsp3) is 0.692. The lowest BCUT2D eigenvalue weighted by Gasteiger charge is -2.28. The molecule has 0 aliphatic carbocycles. The van der Waals surface area contributed by atoms with E-state index >= 15 is 0 Å². The van der Waals surface area contributed by atoms with Gasteiger partial charge in [-0.05, 0) is 51.4 Å². The third-order valence-corrected chi connectivity index (χ3v) is 3.68. The quantitative estimate of drug-likeness (QED) is 0.803. The van der Waals surface area contributed by atoms with Gasteiger partial charge in [0.1, 0.15) is 12.4 Å². The van der Waals surface area contributed by atoms with Crippen molar-refractivity contribution in [2.24, 2.45) is 5.92 Å². The van der Waals surface area contributed by atoms with Crippen LogP contribution < -0.4 is 11.1 Å². The number of rotatable bonds is 5. The molecule has 0 unspecified atom stereocenters. The Bertz CT molecular complexity index is 409. The van der Waals surface area contributed by atoms with Crippen LogP contribution >= 0.6 is 0 Å². The standard InChI is InChI=1S/C13H23N5O/c1-17-7-3-11(4-8-17)2-6-15-13(19)10-18-9-5-12(14)16-18/h5,9,11H,2-4,6-8,10H2,1H3,(H2,14,16)(H,15,19). The van der Waals surface area contributed by atoms with Gasteiger partial charge in [0.15, 0.2) is 0 Å². The van der Waals surface area contributed by atoms with Gasteiger partial charge in [0.2, 0.25) is 5.91 Å². The highest BCUT2D eigenvalue weighted by atomic mass is 16.2. The lowest BCUT2D eigenvalue weighted by Crippen LogP contribution is -2.33. The molecule has 1 aromatic rings. The van der Waals surface area contributed by atoms with Gasteiger partial charge in [-0.2, -0.15) is 5.10 Å². The molecule has 0 bridgehead atoms. The van der Waals surface area contributed by atoms with Crippen molar-refractivity contribution < 1.29 is 4.79 Å². The molecular weight excluding hydrogens is 242 g/mol. The summed E-state index contributed by atoms with van der Waals surface area (Å²) >= 11 is 0. The predicted octanol–water partition coefficient (Wildman–Crippen LogP) is 0.313. The van der Waals surface area contributed by atoms with Crippen molar-refractivity contribution in [2.75, 3.05) is 32.4 Å². The van der Waals surface area contributed by atoms with Crippen molar-refractivity contribution in [3.05, 3.63) is 12.3 Å². The summed E-state index contributed by atoms with van der Waals surface area (Å²) in [6.45, 7) is 3.34. The van der Waals surface area contributed by atoms with Crippen LogP contribution in [0.4, 0.5) is 5.82 Å². The van der Waals surface area contributed by atoms with Crippen LogP contribution in [-0.4, -0.2) is 47.3 Å². The smallest absolute Gasteiger partial charge is 0.241 e. The van der Waals surface area contributed by atoms with Crippen molar-refractivity contribution >= 4 is 11.7 Å².